The van der Waals surface area contributed by atoms with Crippen molar-refractivity contribution in [3.05, 3.63) is 59.3 Å². The summed E-state index contributed by atoms with van der Waals surface area (Å²) in [6.45, 7) is 10.9. The van der Waals surface area contributed by atoms with Gasteiger partial charge in [0.05, 0.1) is 19.3 Å². The number of methoxy groups -OCH3 is 1. The number of aliphatic imine (C=N–C) groups is 1. The third-order valence-electron chi connectivity index (χ3n) is 4.75. The van der Waals surface area contributed by atoms with Gasteiger partial charge in [-0.05, 0) is 29.5 Å². The van der Waals surface area contributed by atoms with Crippen molar-refractivity contribution in [1.29, 1.82) is 0 Å². The molecule has 0 aliphatic heterocycles. The van der Waals surface area contributed by atoms with E-state index in [9.17, 15) is 5.11 Å². The number of hydrogen-bond acceptors (Lipinski definition) is 5. The maximum Gasteiger partial charge on any atom is 0.218 e. The average Bonchev–Trinajstić information content (AvgIpc) is 2.76. The van der Waals surface area contributed by atoms with Crippen molar-refractivity contribution in [3.63, 3.8) is 0 Å². The minimum Gasteiger partial charge on any atom is -0.475 e. The van der Waals surface area contributed by atoms with E-state index in [-0.39, 0.29) is 29.4 Å². The van der Waals surface area contributed by atoms with E-state index in [1.807, 2.05) is 31.2 Å². The Labute approximate surface area is 209 Å². The van der Waals surface area contributed by atoms with E-state index in [2.05, 4.69) is 53.5 Å². The van der Waals surface area contributed by atoms with Crippen LogP contribution in [0.15, 0.2) is 47.6 Å². The lowest BCUT2D eigenvalue weighted by atomic mass is 9.86. The summed E-state index contributed by atoms with van der Waals surface area (Å²) in [6.07, 6.45) is 1.06. The summed E-state index contributed by atoms with van der Waals surface area (Å²) in [4.78, 5) is 8.90. The van der Waals surface area contributed by atoms with Crippen molar-refractivity contribution in [3.8, 4) is 5.88 Å². The maximum atomic E-state index is 10.6. The summed E-state index contributed by atoms with van der Waals surface area (Å²) in [5.74, 6) is 1.18. The molecule has 0 aliphatic carbocycles. The number of guanidine groups is 1. The van der Waals surface area contributed by atoms with Crippen LogP contribution in [0.5, 0.6) is 5.88 Å². The molecule has 0 saturated carbocycles. The molecule has 0 spiro atoms. The van der Waals surface area contributed by atoms with Gasteiger partial charge in [0.15, 0.2) is 5.96 Å². The minimum absolute atomic E-state index is 0. The van der Waals surface area contributed by atoms with E-state index in [0.717, 1.165) is 11.1 Å². The fourth-order valence-corrected chi connectivity index (χ4v) is 2.92. The van der Waals surface area contributed by atoms with E-state index in [1.165, 1.54) is 5.56 Å². The van der Waals surface area contributed by atoms with Crippen molar-refractivity contribution >= 4 is 29.9 Å². The Morgan fingerprint density at radius 2 is 1.84 bits per heavy atom. The van der Waals surface area contributed by atoms with Gasteiger partial charge in [0.25, 0.3) is 0 Å². The second kappa shape index (κ2) is 14.3. The summed E-state index contributed by atoms with van der Waals surface area (Å²) >= 11 is 0. The molecule has 0 amide bonds. The van der Waals surface area contributed by atoms with Crippen LogP contribution >= 0.6 is 24.0 Å². The van der Waals surface area contributed by atoms with Crippen LogP contribution in [0, 0.1) is 0 Å². The molecular weight excluding hydrogens is 519 g/mol. The van der Waals surface area contributed by atoms with Crippen molar-refractivity contribution in [2.75, 3.05) is 33.4 Å². The van der Waals surface area contributed by atoms with E-state index >= 15 is 0 Å². The number of pyridine rings is 1. The quantitative estimate of drug-likeness (QED) is 0.179. The molecule has 178 valence electrons. The zero-order chi connectivity index (χ0) is 22.7. The highest BCUT2D eigenvalue weighted by atomic mass is 127. The topological polar surface area (TPSA) is 88.0 Å². The monoisotopic (exact) mass is 556 g/mol. The standard InChI is InChI=1S/C24H36N4O3.HI/c1-6-25-23(27-16-19-8-7-13-26-22(19)31-15-14-30-5)28-17-21(29)18-9-11-20(12-10-18)24(2,3)4;/h7-13,21,29H,6,14-17H2,1-5H3,(H2,25,27,28);1H. The average molecular weight is 556 g/mol. The Hall–Kier alpha value is -1.91. The smallest absolute Gasteiger partial charge is 0.218 e. The molecule has 7 nitrogen and oxygen atoms in total. The predicted octanol–water partition coefficient (Wildman–Crippen LogP) is 3.81. The fourth-order valence-electron chi connectivity index (χ4n) is 2.92. The molecule has 32 heavy (non-hydrogen) atoms. The summed E-state index contributed by atoms with van der Waals surface area (Å²) in [5.41, 5.74) is 3.09. The number of halogens is 1. The highest BCUT2D eigenvalue weighted by Crippen LogP contribution is 2.23. The highest BCUT2D eigenvalue weighted by molar-refractivity contribution is 14.0. The first kappa shape index (κ1) is 28.1. The zero-order valence-corrected chi connectivity index (χ0v) is 22.1. The number of ether oxygens (including phenoxy) is 2. The van der Waals surface area contributed by atoms with Gasteiger partial charge in [0.1, 0.15) is 6.61 Å². The van der Waals surface area contributed by atoms with Crippen molar-refractivity contribution in [2.45, 2.75) is 45.8 Å². The number of aliphatic hydroxyl groups excluding tert-OH is 1. The number of aliphatic hydroxyl groups is 1. The van der Waals surface area contributed by atoms with Crippen molar-refractivity contribution in [1.82, 2.24) is 15.6 Å². The van der Waals surface area contributed by atoms with Gasteiger partial charge in [0, 0.05) is 32.0 Å². The van der Waals surface area contributed by atoms with Crippen LogP contribution in [0.4, 0.5) is 0 Å². The van der Waals surface area contributed by atoms with Crippen LogP contribution < -0.4 is 15.4 Å². The Balaban J connectivity index is 0.00000512. The first-order chi connectivity index (χ1) is 14.8. The van der Waals surface area contributed by atoms with Crippen LogP contribution in [0.3, 0.4) is 0 Å². The van der Waals surface area contributed by atoms with Gasteiger partial charge in [0.2, 0.25) is 5.88 Å². The van der Waals surface area contributed by atoms with Crippen LogP contribution in [0.2, 0.25) is 0 Å². The van der Waals surface area contributed by atoms with Crippen molar-refractivity contribution in [2.24, 2.45) is 4.99 Å². The molecule has 1 atom stereocenters. The van der Waals surface area contributed by atoms with E-state index in [0.29, 0.717) is 44.7 Å². The molecule has 2 rings (SSSR count). The van der Waals surface area contributed by atoms with Crippen LogP contribution in [-0.4, -0.2) is 49.5 Å². The van der Waals surface area contributed by atoms with Crippen LogP contribution in [-0.2, 0) is 16.7 Å². The lowest BCUT2D eigenvalue weighted by Gasteiger charge is -2.20. The number of nitrogens with one attached hydrogen (secondary N) is 2. The third kappa shape index (κ3) is 9.30. The van der Waals surface area contributed by atoms with E-state index < -0.39 is 6.10 Å². The Morgan fingerprint density at radius 3 is 2.47 bits per heavy atom. The molecule has 0 bridgehead atoms. The molecule has 0 radical (unpaired) electrons. The zero-order valence-electron chi connectivity index (χ0n) is 19.7. The summed E-state index contributed by atoms with van der Waals surface area (Å²) < 4.78 is 10.7. The minimum atomic E-state index is -0.635. The number of benzene rings is 1. The third-order valence-corrected chi connectivity index (χ3v) is 4.75. The first-order valence-corrected chi connectivity index (χ1v) is 10.7. The predicted molar refractivity (Wildman–Crippen MR) is 140 cm³/mol. The summed E-state index contributed by atoms with van der Waals surface area (Å²) in [5, 5.41) is 17.0. The van der Waals surface area contributed by atoms with Gasteiger partial charge in [-0.15, -0.1) is 24.0 Å². The Bertz CT molecular complexity index is 823. The largest absolute Gasteiger partial charge is 0.475 e. The lowest BCUT2D eigenvalue weighted by molar-refractivity contribution is 0.143. The molecule has 8 heteroatoms. The molecular formula is C24H37IN4O3. The fraction of sp³-hybridized carbons (Fsp3) is 0.500. The molecule has 1 aromatic carbocycles. The molecule has 0 saturated heterocycles. The number of aromatic nitrogens is 1. The SMILES string of the molecule is CCNC(=NCc1cccnc1OCCOC)NCC(O)c1ccc(C(C)(C)C)cc1.I. The summed E-state index contributed by atoms with van der Waals surface area (Å²) in [7, 11) is 1.63. The molecule has 1 heterocycles. The Morgan fingerprint density at radius 1 is 1.12 bits per heavy atom. The normalized spacial score (nSPS) is 12.6. The first-order valence-electron chi connectivity index (χ1n) is 10.7. The molecule has 1 aromatic heterocycles. The van der Waals surface area contributed by atoms with Gasteiger partial charge in [-0.1, -0.05) is 51.1 Å². The van der Waals surface area contributed by atoms with Crippen molar-refractivity contribution < 1.29 is 14.6 Å². The molecule has 1 unspecified atom stereocenters. The molecule has 3 N–H and O–H groups in total. The van der Waals surface area contributed by atoms with Gasteiger partial charge in [-0.25, -0.2) is 9.98 Å². The van der Waals surface area contributed by atoms with E-state index in [4.69, 9.17) is 9.47 Å². The maximum absolute atomic E-state index is 10.6. The van der Waals surface area contributed by atoms with Gasteiger partial charge in [-0.3, -0.25) is 0 Å². The van der Waals surface area contributed by atoms with Gasteiger partial charge >= 0.3 is 0 Å². The molecule has 0 fully saturated rings. The van der Waals surface area contributed by atoms with Gasteiger partial charge < -0.3 is 25.2 Å². The number of rotatable bonds is 10. The second-order valence-electron chi connectivity index (χ2n) is 8.27. The van der Waals surface area contributed by atoms with Crippen LogP contribution in [0.1, 0.15) is 50.5 Å². The van der Waals surface area contributed by atoms with Gasteiger partial charge in [-0.2, -0.15) is 0 Å². The number of hydrogen-bond donors (Lipinski definition) is 3. The highest BCUT2D eigenvalue weighted by Gasteiger charge is 2.15. The summed E-state index contributed by atoms with van der Waals surface area (Å²) in [6, 6.07) is 11.9. The number of nitrogens with zero attached hydrogens (tertiary/aromatic N) is 2. The second-order valence-corrected chi connectivity index (χ2v) is 8.27. The lowest BCUT2D eigenvalue weighted by Crippen LogP contribution is -2.39. The molecule has 0 aliphatic rings. The molecule has 2 aromatic rings. The van der Waals surface area contributed by atoms with E-state index in [1.54, 1.807) is 13.3 Å². The van der Waals surface area contributed by atoms with Crippen LogP contribution in [0.25, 0.3) is 0 Å². The Kier molecular flexibility index (Phi) is 12.6.